The van der Waals surface area contributed by atoms with E-state index in [0.717, 1.165) is 12.2 Å². The third-order valence-electron chi connectivity index (χ3n) is 0.919. The van der Waals surface area contributed by atoms with Crippen molar-refractivity contribution in [1.82, 2.24) is 0 Å². The number of rotatable bonds is 4. The average molecular weight is 173 g/mol. The van der Waals surface area contributed by atoms with Gasteiger partial charge in [0.2, 0.25) is 0 Å². The standard InChI is InChI=1S/C7H11NO4/c1-11-6(9)2-3-7(10)12-5-4-8/h2-3H,4-5,8H2,1H3. The molecule has 0 heterocycles. The van der Waals surface area contributed by atoms with E-state index in [1.165, 1.54) is 7.11 Å². The number of hydrogen-bond donors (Lipinski definition) is 1. The number of nitrogens with two attached hydrogens (primary N) is 1. The van der Waals surface area contributed by atoms with Crippen LogP contribution in [-0.2, 0) is 19.1 Å². The predicted molar refractivity (Wildman–Crippen MR) is 41.2 cm³/mol. The molecular formula is C7H11NO4. The highest BCUT2D eigenvalue weighted by Gasteiger charge is 1.97. The number of methoxy groups -OCH3 is 1. The van der Waals surface area contributed by atoms with E-state index < -0.39 is 11.9 Å². The lowest BCUT2D eigenvalue weighted by Crippen LogP contribution is -2.12. The van der Waals surface area contributed by atoms with Gasteiger partial charge in [-0.2, -0.15) is 0 Å². The predicted octanol–water partition coefficient (Wildman–Crippen LogP) is -0.782. The number of hydrogen-bond acceptors (Lipinski definition) is 5. The van der Waals surface area contributed by atoms with E-state index >= 15 is 0 Å². The van der Waals surface area contributed by atoms with Crippen LogP contribution >= 0.6 is 0 Å². The van der Waals surface area contributed by atoms with Crippen molar-refractivity contribution in [2.75, 3.05) is 20.3 Å². The lowest BCUT2D eigenvalue weighted by atomic mass is 10.5. The highest BCUT2D eigenvalue weighted by molar-refractivity contribution is 5.91. The van der Waals surface area contributed by atoms with Crippen molar-refractivity contribution in [2.45, 2.75) is 0 Å². The molecule has 5 nitrogen and oxygen atoms in total. The molecule has 0 fully saturated rings. The summed E-state index contributed by atoms with van der Waals surface area (Å²) in [6.07, 6.45) is 1.97. The van der Waals surface area contributed by atoms with Crippen LogP contribution in [0.4, 0.5) is 0 Å². The molecule has 0 amide bonds. The fourth-order valence-electron chi connectivity index (χ4n) is 0.412. The van der Waals surface area contributed by atoms with E-state index in [4.69, 9.17) is 5.73 Å². The maximum absolute atomic E-state index is 10.6. The minimum Gasteiger partial charge on any atom is -0.466 e. The zero-order valence-electron chi connectivity index (χ0n) is 6.78. The Kier molecular flexibility index (Phi) is 5.64. The zero-order valence-corrected chi connectivity index (χ0v) is 6.78. The van der Waals surface area contributed by atoms with Crippen molar-refractivity contribution in [3.05, 3.63) is 12.2 Å². The van der Waals surface area contributed by atoms with E-state index in [9.17, 15) is 9.59 Å². The smallest absolute Gasteiger partial charge is 0.331 e. The first-order valence-corrected chi connectivity index (χ1v) is 3.33. The number of esters is 2. The molecule has 0 radical (unpaired) electrons. The van der Waals surface area contributed by atoms with Crippen LogP contribution in [0.15, 0.2) is 12.2 Å². The fourth-order valence-corrected chi connectivity index (χ4v) is 0.412. The second-order valence-electron chi connectivity index (χ2n) is 1.81. The largest absolute Gasteiger partial charge is 0.466 e. The van der Waals surface area contributed by atoms with E-state index in [1.54, 1.807) is 0 Å². The van der Waals surface area contributed by atoms with Crippen molar-refractivity contribution in [3.8, 4) is 0 Å². The average Bonchev–Trinajstić information content (AvgIpc) is 2.10. The first-order valence-electron chi connectivity index (χ1n) is 3.33. The summed E-state index contributed by atoms with van der Waals surface area (Å²) in [5.74, 6) is -1.20. The Labute approximate surface area is 70.1 Å². The van der Waals surface area contributed by atoms with Gasteiger partial charge in [-0.1, -0.05) is 0 Å². The molecule has 0 bridgehead atoms. The molecule has 68 valence electrons. The van der Waals surface area contributed by atoms with Crippen LogP contribution < -0.4 is 5.73 Å². The van der Waals surface area contributed by atoms with Crippen LogP contribution in [-0.4, -0.2) is 32.2 Å². The Balaban J connectivity index is 3.67. The Hall–Kier alpha value is -1.36. The topological polar surface area (TPSA) is 78.6 Å². The second-order valence-corrected chi connectivity index (χ2v) is 1.81. The van der Waals surface area contributed by atoms with Gasteiger partial charge >= 0.3 is 11.9 Å². The molecular weight excluding hydrogens is 162 g/mol. The van der Waals surface area contributed by atoms with Crippen LogP contribution in [0, 0.1) is 0 Å². The van der Waals surface area contributed by atoms with Gasteiger partial charge in [-0.3, -0.25) is 0 Å². The summed E-state index contributed by atoms with van der Waals surface area (Å²) in [5, 5.41) is 0. The van der Waals surface area contributed by atoms with Gasteiger partial charge in [0.1, 0.15) is 6.61 Å². The van der Waals surface area contributed by atoms with Crippen LogP contribution in [0.25, 0.3) is 0 Å². The van der Waals surface area contributed by atoms with Gasteiger partial charge in [0, 0.05) is 18.7 Å². The molecule has 0 saturated heterocycles. The molecule has 0 unspecified atom stereocenters. The summed E-state index contributed by atoms with van der Waals surface area (Å²) in [6, 6.07) is 0. The van der Waals surface area contributed by atoms with E-state index in [0.29, 0.717) is 0 Å². The zero-order chi connectivity index (χ0) is 9.40. The highest BCUT2D eigenvalue weighted by atomic mass is 16.5. The number of carbonyl (C=O) groups is 2. The summed E-state index contributed by atoms with van der Waals surface area (Å²) in [5.41, 5.74) is 5.07. The van der Waals surface area contributed by atoms with Crippen molar-refractivity contribution in [3.63, 3.8) is 0 Å². The molecule has 0 rings (SSSR count). The minimum absolute atomic E-state index is 0.143. The second kappa shape index (κ2) is 6.36. The van der Waals surface area contributed by atoms with Crippen LogP contribution in [0.3, 0.4) is 0 Å². The third kappa shape index (κ3) is 5.43. The van der Waals surface area contributed by atoms with E-state index in [2.05, 4.69) is 9.47 Å². The number of ether oxygens (including phenoxy) is 2. The summed E-state index contributed by atoms with van der Waals surface area (Å²) < 4.78 is 8.77. The molecule has 0 spiro atoms. The SMILES string of the molecule is COC(=O)C=CC(=O)OCCN. The van der Waals surface area contributed by atoms with Crippen LogP contribution in [0.5, 0.6) is 0 Å². The molecule has 0 aliphatic carbocycles. The molecule has 12 heavy (non-hydrogen) atoms. The summed E-state index contributed by atoms with van der Waals surface area (Å²) in [7, 11) is 1.22. The maximum atomic E-state index is 10.6. The van der Waals surface area contributed by atoms with E-state index in [-0.39, 0.29) is 13.2 Å². The molecule has 0 saturated carbocycles. The highest BCUT2D eigenvalue weighted by Crippen LogP contribution is 1.82. The summed E-state index contributed by atoms with van der Waals surface area (Å²) in [6.45, 7) is 0.405. The first kappa shape index (κ1) is 10.6. The lowest BCUT2D eigenvalue weighted by molar-refractivity contribution is -0.139. The van der Waals surface area contributed by atoms with Gasteiger partial charge in [-0.15, -0.1) is 0 Å². The monoisotopic (exact) mass is 173 g/mol. The summed E-state index contributed by atoms with van der Waals surface area (Å²) >= 11 is 0. The molecule has 0 aliphatic heterocycles. The third-order valence-corrected chi connectivity index (χ3v) is 0.919. The molecule has 0 aromatic carbocycles. The van der Waals surface area contributed by atoms with Gasteiger partial charge in [0.25, 0.3) is 0 Å². The maximum Gasteiger partial charge on any atom is 0.331 e. The minimum atomic E-state index is -0.606. The molecule has 0 aliphatic rings. The Morgan fingerprint density at radius 1 is 1.33 bits per heavy atom. The van der Waals surface area contributed by atoms with Crippen molar-refractivity contribution in [2.24, 2.45) is 5.73 Å². The molecule has 0 atom stereocenters. The molecule has 5 heteroatoms. The van der Waals surface area contributed by atoms with Gasteiger partial charge in [-0.05, 0) is 0 Å². The molecule has 0 aromatic rings. The van der Waals surface area contributed by atoms with E-state index in [1.807, 2.05) is 0 Å². The fraction of sp³-hybridized carbons (Fsp3) is 0.429. The summed E-state index contributed by atoms with van der Waals surface area (Å²) in [4.78, 5) is 21.1. The van der Waals surface area contributed by atoms with Crippen LogP contribution in [0.2, 0.25) is 0 Å². The quantitative estimate of drug-likeness (QED) is 0.445. The van der Waals surface area contributed by atoms with Gasteiger partial charge < -0.3 is 15.2 Å². The number of carbonyl (C=O) groups excluding carboxylic acids is 2. The van der Waals surface area contributed by atoms with Gasteiger partial charge in [0.15, 0.2) is 0 Å². The molecule has 2 N–H and O–H groups in total. The van der Waals surface area contributed by atoms with Crippen molar-refractivity contribution < 1.29 is 19.1 Å². The van der Waals surface area contributed by atoms with Crippen molar-refractivity contribution in [1.29, 1.82) is 0 Å². The van der Waals surface area contributed by atoms with Crippen molar-refractivity contribution >= 4 is 11.9 Å². The van der Waals surface area contributed by atoms with Gasteiger partial charge in [-0.25, -0.2) is 9.59 Å². The van der Waals surface area contributed by atoms with Gasteiger partial charge in [0.05, 0.1) is 7.11 Å². The Morgan fingerprint density at radius 3 is 2.42 bits per heavy atom. The first-order chi connectivity index (χ1) is 5.70. The lowest BCUT2D eigenvalue weighted by Gasteiger charge is -1.96. The van der Waals surface area contributed by atoms with Crippen LogP contribution in [0.1, 0.15) is 0 Å². The Morgan fingerprint density at radius 2 is 1.92 bits per heavy atom. The molecule has 0 aromatic heterocycles. The Bertz CT molecular complexity index is 188. The normalized spacial score (nSPS) is 9.83.